The van der Waals surface area contributed by atoms with E-state index in [0.717, 1.165) is 11.3 Å². The van der Waals surface area contributed by atoms with Crippen LogP contribution in [0, 0.1) is 6.92 Å². The lowest BCUT2D eigenvalue weighted by atomic mass is 10.2. The van der Waals surface area contributed by atoms with Crippen molar-refractivity contribution < 1.29 is 9.53 Å². The number of hydrogen-bond acceptors (Lipinski definition) is 3. The fraction of sp³-hybridized carbons (Fsp3) is 0.417. The van der Waals surface area contributed by atoms with E-state index in [-0.39, 0.29) is 12.5 Å². The van der Waals surface area contributed by atoms with Gasteiger partial charge < -0.3 is 15.4 Å². The Bertz CT molecular complexity index is 383. The molecule has 0 radical (unpaired) electrons. The van der Waals surface area contributed by atoms with Crippen molar-refractivity contribution in [1.82, 2.24) is 5.32 Å². The van der Waals surface area contributed by atoms with E-state index < -0.39 is 0 Å². The molecule has 1 aromatic carbocycles. The van der Waals surface area contributed by atoms with E-state index in [0.29, 0.717) is 18.2 Å². The van der Waals surface area contributed by atoms with Crippen LogP contribution in [0.25, 0.3) is 0 Å². The number of halogens is 1. The average Bonchev–Trinajstić information content (AvgIpc) is 2.29. The first kappa shape index (κ1) is 14.0. The lowest BCUT2D eigenvalue weighted by Gasteiger charge is -2.09. The minimum Gasteiger partial charge on any atom is -0.383 e. The average molecular weight is 257 g/mol. The molecular formula is C12H17ClN2O2. The predicted octanol–water partition coefficient (Wildman–Crippen LogP) is 1.82. The van der Waals surface area contributed by atoms with E-state index in [9.17, 15) is 4.79 Å². The molecule has 0 saturated carbocycles. The van der Waals surface area contributed by atoms with Gasteiger partial charge in [-0.05, 0) is 24.6 Å². The van der Waals surface area contributed by atoms with Crippen LogP contribution in [0.2, 0.25) is 5.02 Å². The highest BCUT2D eigenvalue weighted by Gasteiger charge is 2.04. The van der Waals surface area contributed by atoms with Crippen molar-refractivity contribution in [2.45, 2.75) is 6.92 Å². The maximum absolute atomic E-state index is 11.6. The highest BCUT2D eigenvalue weighted by molar-refractivity contribution is 6.31. The first-order valence-corrected chi connectivity index (χ1v) is 5.77. The summed E-state index contributed by atoms with van der Waals surface area (Å²) in [7, 11) is 1.62. The Labute approximate surface area is 106 Å². The lowest BCUT2D eigenvalue weighted by molar-refractivity contribution is -0.115. The summed E-state index contributed by atoms with van der Waals surface area (Å²) in [6.45, 7) is 3.42. The number of nitrogens with one attached hydrogen (secondary N) is 2. The van der Waals surface area contributed by atoms with Crippen molar-refractivity contribution in [3.63, 3.8) is 0 Å². The Morgan fingerprint density at radius 1 is 1.47 bits per heavy atom. The SMILES string of the molecule is COCCNCC(=O)Nc1cc(Cl)ccc1C. The molecule has 1 amide bonds. The molecule has 1 rings (SSSR count). The number of carbonyl (C=O) groups is 1. The van der Waals surface area contributed by atoms with Crippen LogP contribution < -0.4 is 10.6 Å². The third-order valence-electron chi connectivity index (χ3n) is 2.24. The quantitative estimate of drug-likeness (QED) is 0.764. The van der Waals surface area contributed by atoms with Crippen LogP contribution >= 0.6 is 11.6 Å². The van der Waals surface area contributed by atoms with Gasteiger partial charge in [0.1, 0.15) is 0 Å². The Morgan fingerprint density at radius 3 is 2.94 bits per heavy atom. The van der Waals surface area contributed by atoms with Crippen molar-refractivity contribution in [2.24, 2.45) is 0 Å². The Hall–Kier alpha value is -1.10. The summed E-state index contributed by atoms with van der Waals surface area (Å²) in [6.07, 6.45) is 0. The molecule has 0 heterocycles. The van der Waals surface area contributed by atoms with Crippen molar-refractivity contribution in [2.75, 3.05) is 32.1 Å². The summed E-state index contributed by atoms with van der Waals surface area (Å²) >= 11 is 5.86. The molecule has 0 saturated heterocycles. The van der Waals surface area contributed by atoms with E-state index in [1.54, 1.807) is 19.2 Å². The minimum absolute atomic E-state index is 0.0912. The van der Waals surface area contributed by atoms with Crippen LogP contribution in [0.1, 0.15) is 5.56 Å². The molecule has 0 aromatic heterocycles. The van der Waals surface area contributed by atoms with Crippen LogP contribution in [-0.4, -0.2) is 32.7 Å². The molecule has 5 heteroatoms. The largest absolute Gasteiger partial charge is 0.383 e. The van der Waals surface area contributed by atoms with E-state index in [2.05, 4.69) is 10.6 Å². The second-order valence-electron chi connectivity index (χ2n) is 3.68. The van der Waals surface area contributed by atoms with Gasteiger partial charge in [-0.25, -0.2) is 0 Å². The zero-order valence-electron chi connectivity index (χ0n) is 10.0. The highest BCUT2D eigenvalue weighted by Crippen LogP contribution is 2.19. The first-order chi connectivity index (χ1) is 8.13. The number of anilines is 1. The summed E-state index contributed by atoms with van der Waals surface area (Å²) in [5.74, 6) is -0.0912. The van der Waals surface area contributed by atoms with Crippen LogP contribution in [0.5, 0.6) is 0 Å². The molecule has 0 atom stereocenters. The van der Waals surface area contributed by atoms with Crippen molar-refractivity contribution in [1.29, 1.82) is 0 Å². The fourth-order valence-electron chi connectivity index (χ4n) is 1.30. The molecule has 0 unspecified atom stereocenters. The molecule has 2 N–H and O–H groups in total. The topological polar surface area (TPSA) is 50.4 Å². The normalized spacial score (nSPS) is 10.3. The standard InChI is InChI=1S/C12H17ClN2O2/c1-9-3-4-10(13)7-11(9)15-12(16)8-14-5-6-17-2/h3-4,7,14H,5-6,8H2,1-2H3,(H,15,16). The van der Waals surface area contributed by atoms with Crippen molar-refractivity contribution >= 4 is 23.2 Å². The number of benzene rings is 1. The summed E-state index contributed by atoms with van der Waals surface area (Å²) in [4.78, 5) is 11.6. The van der Waals surface area contributed by atoms with Gasteiger partial charge in [-0.3, -0.25) is 4.79 Å². The van der Waals surface area contributed by atoms with Gasteiger partial charge in [0, 0.05) is 24.4 Å². The smallest absolute Gasteiger partial charge is 0.238 e. The van der Waals surface area contributed by atoms with Gasteiger partial charge in [-0.2, -0.15) is 0 Å². The van der Waals surface area contributed by atoms with Gasteiger partial charge in [0.25, 0.3) is 0 Å². The number of amides is 1. The fourth-order valence-corrected chi connectivity index (χ4v) is 1.47. The number of hydrogen-bond donors (Lipinski definition) is 2. The van der Waals surface area contributed by atoms with E-state index >= 15 is 0 Å². The van der Waals surface area contributed by atoms with Gasteiger partial charge in [-0.15, -0.1) is 0 Å². The summed E-state index contributed by atoms with van der Waals surface area (Å²) in [5.41, 5.74) is 1.73. The molecule has 0 spiro atoms. The van der Waals surface area contributed by atoms with E-state index in [4.69, 9.17) is 16.3 Å². The van der Waals surface area contributed by atoms with Crippen LogP contribution in [0.3, 0.4) is 0 Å². The molecule has 0 bridgehead atoms. The maximum atomic E-state index is 11.6. The Balaban J connectivity index is 2.42. The molecule has 0 fully saturated rings. The van der Waals surface area contributed by atoms with Gasteiger partial charge >= 0.3 is 0 Å². The molecule has 0 aliphatic carbocycles. The molecule has 4 nitrogen and oxygen atoms in total. The summed E-state index contributed by atoms with van der Waals surface area (Å²) in [6, 6.07) is 5.41. The monoisotopic (exact) mass is 256 g/mol. The van der Waals surface area contributed by atoms with E-state index in [1.165, 1.54) is 0 Å². The first-order valence-electron chi connectivity index (χ1n) is 5.39. The number of aryl methyl sites for hydroxylation is 1. The van der Waals surface area contributed by atoms with Gasteiger partial charge in [-0.1, -0.05) is 17.7 Å². The van der Waals surface area contributed by atoms with Gasteiger partial charge in [0.05, 0.1) is 13.2 Å². The summed E-state index contributed by atoms with van der Waals surface area (Å²) in [5, 5.41) is 6.38. The molecule has 17 heavy (non-hydrogen) atoms. The number of methoxy groups -OCH3 is 1. The number of carbonyl (C=O) groups excluding carboxylic acids is 1. The van der Waals surface area contributed by atoms with Crippen molar-refractivity contribution in [3.8, 4) is 0 Å². The second kappa shape index (κ2) is 7.27. The third kappa shape index (κ3) is 5.17. The van der Waals surface area contributed by atoms with Crippen molar-refractivity contribution in [3.05, 3.63) is 28.8 Å². The van der Waals surface area contributed by atoms with Crippen LogP contribution in [0.15, 0.2) is 18.2 Å². The lowest BCUT2D eigenvalue weighted by Crippen LogP contribution is -2.30. The molecule has 94 valence electrons. The number of ether oxygens (including phenoxy) is 1. The van der Waals surface area contributed by atoms with Gasteiger partial charge in [0.2, 0.25) is 5.91 Å². The predicted molar refractivity (Wildman–Crippen MR) is 69.6 cm³/mol. The Morgan fingerprint density at radius 2 is 2.24 bits per heavy atom. The molecular weight excluding hydrogens is 240 g/mol. The second-order valence-corrected chi connectivity index (χ2v) is 4.11. The van der Waals surface area contributed by atoms with Gasteiger partial charge in [0.15, 0.2) is 0 Å². The summed E-state index contributed by atoms with van der Waals surface area (Å²) < 4.78 is 4.87. The van der Waals surface area contributed by atoms with Crippen LogP contribution in [0.4, 0.5) is 5.69 Å². The molecule has 1 aromatic rings. The van der Waals surface area contributed by atoms with E-state index in [1.807, 2.05) is 13.0 Å². The molecule has 0 aliphatic heterocycles. The zero-order chi connectivity index (χ0) is 12.7. The molecule has 0 aliphatic rings. The van der Waals surface area contributed by atoms with Crippen LogP contribution in [-0.2, 0) is 9.53 Å². The minimum atomic E-state index is -0.0912. The number of rotatable bonds is 6. The zero-order valence-corrected chi connectivity index (χ0v) is 10.8. The highest BCUT2D eigenvalue weighted by atomic mass is 35.5. The third-order valence-corrected chi connectivity index (χ3v) is 2.48. The maximum Gasteiger partial charge on any atom is 0.238 e. The Kier molecular flexibility index (Phi) is 5.97.